The fourth-order valence-corrected chi connectivity index (χ4v) is 1.49. The maximum Gasteiger partial charge on any atom is 0.109 e. The Balaban J connectivity index is 2.32. The highest BCUT2D eigenvalue weighted by molar-refractivity contribution is 5.21. The van der Waals surface area contributed by atoms with Gasteiger partial charge in [0, 0.05) is 18.8 Å². The van der Waals surface area contributed by atoms with Crippen molar-refractivity contribution >= 4 is 0 Å². The molecule has 2 nitrogen and oxygen atoms in total. The van der Waals surface area contributed by atoms with E-state index in [-0.39, 0.29) is 0 Å². The van der Waals surface area contributed by atoms with Gasteiger partial charge in [0.05, 0.1) is 6.04 Å². The molecule has 1 aliphatic carbocycles. The van der Waals surface area contributed by atoms with Crippen molar-refractivity contribution in [2.24, 2.45) is 0 Å². The number of aromatic nitrogens is 2. The molecule has 1 aliphatic rings. The van der Waals surface area contributed by atoms with Gasteiger partial charge in [0.1, 0.15) is 5.82 Å². The highest BCUT2D eigenvalue weighted by Crippen LogP contribution is 2.17. The largest absolute Gasteiger partial charge is 0.325 e. The fourth-order valence-electron chi connectivity index (χ4n) is 1.49. The maximum atomic E-state index is 4.27. The molecule has 2 heteroatoms. The minimum Gasteiger partial charge on any atom is -0.325 e. The summed E-state index contributed by atoms with van der Waals surface area (Å²) >= 11 is 0. The molecule has 1 heterocycles. The average Bonchev–Trinajstić information content (AvgIpc) is 2.74. The number of hydrogen-bond acceptors (Lipinski definition) is 1. The van der Waals surface area contributed by atoms with Gasteiger partial charge < -0.3 is 4.57 Å². The van der Waals surface area contributed by atoms with E-state index in [0.29, 0.717) is 6.04 Å². The van der Waals surface area contributed by atoms with Gasteiger partial charge in [-0.2, -0.15) is 0 Å². The van der Waals surface area contributed by atoms with Crippen LogP contribution in [0.5, 0.6) is 0 Å². The third-order valence-corrected chi connectivity index (χ3v) is 2.11. The van der Waals surface area contributed by atoms with Crippen molar-refractivity contribution in [2.75, 3.05) is 0 Å². The third kappa shape index (κ3) is 1.09. The number of aryl methyl sites for hydroxylation is 1. The van der Waals surface area contributed by atoms with Crippen molar-refractivity contribution in [1.82, 2.24) is 9.55 Å². The van der Waals surface area contributed by atoms with E-state index < -0.39 is 0 Å². The summed E-state index contributed by atoms with van der Waals surface area (Å²) in [7, 11) is 0. The van der Waals surface area contributed by atoms with Gasteiger partial charge in [0.25, 0.3) is 0 Å². The van der Waals surface area contributed by atoms with Crippen molar-refractivity contribution in [1.29, 1.82) is 0 Å². The summed E-state index contributed by atoms with van der Waals surface area (Å²) in [5.41, 5.74) is 0. The Morgan fingerprint density at radius 1 is 1.42 bits per heavy atom. The van der Waals surface area contributed by atoms with Gasteiger partial charge in [-0.05, 0) is 0 Å². The van der Waals surface area contributed by atoms with E-state index in [1.54, 1.807) is 0 Å². The maximum absolute atomic E-state index is 4.27. The molecule has 62 valence electrons. The van der Waals surface area contributed by atoms with Gasteiger partial charge in [0.15, 0.2) is 0 Å². The van der Waals surface area contributed by atoms with Crippen LogP contribution in [0.4, 0.5) is 0 Å². The molecule has 0 amide bonds. The van der Waals surface area contributed by atoms with Gasteiger partial charge in [-0.1, -0.05) is 31.2 Å². The fraction of sp³-hybridized carbons (Fsp3) is 0.300. The summed E-state index contributed by atoms with van der Waals surface area (Å²) in [5, 5.41) is 0. The van der Waals surface area contributed by atoms with Crippen LogP contribution >= 0.6 is 0 Å². The van der Waals surface area contributed by atoms with Gasteiger partial charge in [-0.15, -0.1) is 0 Å². The monoisotopic (exact) mass is 160 g/mol. The average molecular weight is 160 g/mol. The van der Waals surface area contributed by atoms with Crippen molar-refractivity contribution in [3.8, 4) is 0 Å². The second kappa shape index (κ2) is 2.97. The predicted molar refractivity (Wildman–Crippen MR) is 48.9 cm³/mol. The number of hydrogen-bond donors (Lipinski definition) is 0. The van der Waals surface area contributed by atoms with Gasteiger partial charge in [-0.3, -0.25) is 0 Å². The third-order valence-electron chi connectivity index (χ3n) is 2.11. The molecule has 0 radical (unpaired) electrons. The molecule has 0 spiro atoms. The first-order chi connectivity index (χ1) is 5.92. The van der Waals surface area contributed by atoms with Gasteiger partial charge in [0.2, 0.25) is 0 Å². The summed E-state index contributed by atoms with van der Waals surface area (Å²) in [6, 6.07) is 0.391. The first-order valence-electron chi connectivity index (χ1n) is 4.28. The quantitative estimate of drug-likeness (QED) is 0.648. The van der Waals surface area contributed by atoms with Crippen LogP contribution < -0.4 is 0 Å². The molecule has 12 heavy (non-hydrogen) atoms. The van der Waals surface area contributed by atoms with Crippen molar-refractivity contribution < 1.29 is 0 Å². The molecule has 2 rings (SSSR count). The molecule has 0 aliphatic heterocycles. The molecule has 0 N–H and O–H groups in total. The molecule has 0 saturated carbocycles. The topological polar surface area (TPSA) is 17.8 Å². The van der Waals surface area contributed by atoms with Crippen LogP contribution in [0.15, 0.2) is 36.7 Å². The lowest BCUT2D eigenvalue weighted by atomic mass is 10.3. The second-order valence-corrected chi connectivity index (χ2v) is 2.86. The SMILES string of the molecule is CCc1nccn1C1C=CC=C1. The highest BCUT2D eigenvalue weighted by Gasteiger charge is 2.08. The lowest BCUT2D eigenvalue weighted by Crippen LogP contribution is -2.05. The first kappa shape index (κ1) is 7.35. The van der Waals surface area contributed by atoms with Crippen LogP contribution in [0.3, 0.4) is 0 Å². The molecule has 0 unspecified atom stereocenters. The van der Waals surface area contributed by atoms with E-state index in [2.05, 4.69) is 40.8 Å². The lowest BCUT2D eigenvalue weighted by molar-refractivity contribution is 0.679. The van der Waals surface area contributed by atoms with Crippen molar-refractivity contribution in [2.45, 2.75) is 19.4 Å². The number of imidazole rings is 1. The van der Waals surface area contributed by atoms with E-state index in [1.807, 2.05) is 12.4 Å². The number of nitrogens with zero attached hydrogens (tertiary/aromatic N) is 2. The molecule has 0 bridgehead atoms. The van der Waals surface area contributed by atoms with Gasteiger partial charge >= 0.3 is 0 Å². The Kier molecular flexibility index (Phi) is 1.82. The molecule has 1 aromatic rings. The molecule has 1 aromatic heterocycles. The molecular weight excluding hydrogens is 148 g/mol. The molecule has 0 saturated heterocycles. The van der Waals surface area contributed by atoms with Crippen LogP contribution in [0.1, 0.15) is 18.8 Å². The predicted octanol–water partition coefficient (Wildman–Crippen LogP) is 2.11. The zero-order chi connectivity index (χ0) is 8.39. The summed E-state index contributed by atoms with van der Waals surface area (Å²) in [6.45, 7) is 2.13. The minimum atomic E-state index is 0.391. The van der Waals surface area contributed by atoms with Crippen LogP contribution in [-0.4, -0.2) is 9.55 Å². The van der Waals surface area contributed by atoms with Crippen LogP contribution in [0, 0.1) is 0 Å². The van der Waals surface area contributed by atoms with E-state index >= 15 is 0 Å². The van der Waals surface area contributed by atoms with E-state index in [4.69, 9.17) is 0 Å². The molecule has 0 fully saturated rings. The number of allylic oxidation sites excluding steroid dienone is 4. The van der Waals surface area contributed by atoms with Gasteiger partial charge in [-0.25, -0.2) is 4.98 Å². The lowest BCUT2D eigenvalue weighted by Gasteiger charge is -2.10. The van der Waals surface area contributed by atoms with Crippen LogP contribution in [0.2, 0.25) is 0 Å². The normalized spacial score (nSPS) is 16.1. The second-order valence-electron chi connectivity index (χ2n) is 2.86. The first-order valence-corrected chi connectivity index (χ1v) is 4.28. The summed E-state index contributed by atoms with van der Waals surface area (Å²) in [4.78, 5) is 4.27. The van der Waals surface area contributed by atoms with Crippen molar-refractivity contribution in [3.63, 3.8) is 0 Å². The Morgan fingerprint density at radius 2 is 2.17 bits per heavy atom. The summed E-state index contributed by atoms with van der Waals surface area (Å²) in [5.74, 6) is 1.15. The number of rotatable bonds is 2. The highest BCUT2D eigenvalue weighted by atomic mass is 15.1. The Morgan fingerprint density at radius 3 is 2.83 bits per heavy atom. The summed E-state index contributed by atoms with van der Waals surface area (Å²) < 4.78 is 2.19. The van der Waals surface area contributed by atoms with Crippen LogP contribution in [-0.2, 0) is 6.42 Å². The molecule has 0 atom stereocenters. The van der Waals surface area contributed by atoms with E-state index in [1.165, 1.54) is 0 Å². The van der Waals surface area contributed by atoms with Crippen LogP contribution in [0.25, 0.3) is 0 Å². The van der Waals surface area contributed by atoms with E-state index in [0.717, 1.165) is 12.2 Å². The zero-order valence-electron chi connectivity index (χ0n) is 7.14. The van der Waals surface area contributed by atoms with E-state index in [9.17, 15) is 0 Å². The Bertz CT molecular complexity index is 308. The Hall–Kier alpha value is -1.31. The molecule has 0 aromatic carbocycles. The minimum absolute atomic E-state index is 0.391. The van der Waals surface area contributed by atoms with Crippen molar-refractivity contribution in [3.05, 3.63) is 42.5 Å². The standard InChI is InChI=1S/C10H12N2/c1-2-10-11-7-8-12(10)9-5-3-4-6-9/h3-9H,2H2,1H3. The summed E-state index contributed by atoms with van der Waals surface area (Å²) in [6.07, 6.45) is 13.4. The molecular formula is C10H12N2. The zero-order valence-corrected chi connectivity index (χ0v) is 7.14. The Labute approximate surface area is 72.2 Å². The smallest absolute Gasteiger partial charge is 0.109 e.